The van der Waals surface area contributed by atoms with Crippen LogP contribution in [-0.4, -0.2) is 47.1 Å². The number of aromatic nitrogens is 1. The highest BCUT2D eigenvalue weighted by Crippen LogP contribution is 2.30. The average Bonchev–Trinajstić information content (AvgIpc) is 3.26. The fourth-order valence-corrected chi connectivity index (χ4v) is 4.23. The van der Waals surface area contributed by atoms with E-state index in [2.05, 4.69) is 22.0 Å². The summed E-state index contributed by atoms with van der Waals surface area (Å²) in [6.45, 7) is 5.05. The molecule has 148 valence electrons. The maximum absolute atomic E-state index is 13.8. The van der Waals surface area contributed by atoms with Gasteiger partial charge in [-0.05, 0) is 67.9 Å². The van der Waals surface area contributed by atoms with Crippen LogP contribution < -0.4 is 4.90 Å². The highest BCUT2D eigenvalue weighted by molar-refractivity contribution is 5.94. The number of rotatable bonds is 3. The van der Waals surface area contributed by atoms with Crippen molar-refractivity contribution < 1.29 is 14.3 Å². The number of benzene rings is 1. The normalized spacial score (nSPS) is 17.9. The summed E-state index contributed by atoms with van der Waals surface area (Å²) >= 11 is 0. The monoisotopic (exact) mass is 383 g/mol. The van der Waals surface area contributed by atoms with Crippen molar-refractivity contribution in [1.82, 2.24) is 9.88 Å². The molecule has 0 saturated carbocycles. The second-order valence-corrected chi connectivity index (χ2v) is 7.83. The molecule has 1 aromatic carbocycles. The number of halogens is 1. The minimum atomic E-state index is -0.748. The van der Waals surface area contributed by atoms with Crippen LogP contribution in [-0.2, 0) is 0 Å². The number of likely N-dealkylation sites (tertiary alicyclic amines) is 1. The topological polar surface area (TPSA) is 56.7 Å². The number of nitrogens with zero attached hydrogens (tertiary/aromatic N) is 3. The van der Waals surface area contributed by atoms with Crippen LogP contribution in [0.4, 0.5) is 10.2 Å². The number of carbonyl (C=O) groups excluding carboxylic acids is 1. The van der Waals surface area contributed by atoms with Crippen molar-refractivity contribution in [2.24, 2.45) is 0 Å². The molecule has 0 aliphatic carbocycles. The minimum Gasteiger partial charge on any atom is -0.505 e. The van der Waals surface area contributed by atoms with E-state index in [-0.39, 0.29) is 11.7 Å². The molecule has 0 unspecified atom stereocenters. The van der Waals surface area contributed by atoms with Gasteiger partial charge in [-0.3, -0.25) is 4.79 Å². The highest BCUT2D eigenvalue weighted by atomic mass is 19.1. The van der Waals surface area contributed by atoms with E-state index in [0.29, 0.717) is 30.1 Å². The summed E-state index contributed by atoms with van der Waals surface area (Å²) in [5.74, 6) is 0.131. The Morgan fingerprint density at radius 3 is 2.46 bits per heavy atom. The van der Waals surface area contributed by atoms with E-state index in [1.54, 1.807) is 17.9 Å². The van der Waals surface area contributed by atoms with E-state index in [9.17, 15) is 14.3 Å². The van der Waals surface area contributed by atoms with Crippen LogP contribution in [0, 0.1) is 12.7 Å². The minimum absolute atomic E-state index is 0.178. The van der Waals surface area contributed by atoms with Crippen molar-refractivity contribution in [3.63, 3.8) is 0 Å². The van der Waals surface area contributed by atoms with Crippen molar-refractivity contribution in [2.75, 3.05) is 31.1 Å². The summed E-state index contributed by atoms with van der Waals surface area (Å²) in [7, 11) is 0. The predicted octanol–water partition coefficient (Wildman–Crippen LogP) is 3.85. The first kappa shape index (κ1) is 18.7. The molecule has 2 aliphatic rings. The maximum atomic E-state index is 13.8. The maximum Gasteiger partial charge on any atom is 0.253 e. The van der Waals surface area contributed by atoms with Gasteiger partial charge in [-0.1, -0.05) is 6.07 Å². The van der Waals surface area contributed by atoms with Crippen LogP contribution >= 0.6 is 0 Å². The lowest BCUT2D eigenvalue weighted by Crippen LogP contribution is -2.38. The number of piperidine rings is 1. The molecule has 4 rings (SSSR count). The predicted molar refractivity (Wildman–Crippen MR) is 106 cm³/mol. The molecule has 0 radical (unpaired) electrons. The third kappa shape index (κ3) is 3.68. The molecular weight excluding hydrogens is 357 g/mol. The number of carbonyl (C=O) groups is 1. The van der Waals surface area contributed by atoms with Crippen molar-refractivity contribution in [3.05, 3.63) is 53.0 Å². The zero-order valence-corrected chi connectivity index (χ0v) is 16.2. The molecule has 1 aromatic heterocycles. The van der Waals surface area contributed by atoms with Gasteiger partial charge in [0.15, 0.2) is 11.6 Å². The zero-order valence-electron chi connectivity index (χ0n) is 16.2. The van der Waals surface area contributed by atoms with E-state index < -0.39 is 5.82 Å². The number of pyridine rings is 1. The van der Waals surface area contributed by atoms with E-state index >= 15 is 0 Å². The number of hydrogen-bond acceptors (Lipinski definition) is 4. The van der Waals surface area contributed by atoms with Gasteiger partial charge in [0.05, 0.1) is 0 Å². The molecule has 2 saturated heterocycles. The fourth-order valence-electron chi connectivity index (χ4n) is 4.23. The Labute approximate surface area is 164 Å². The molecule has 2 fully saturated rings. The Morgan fingerprint density at radius 1 is 1.14 bits per heavy atom. The van der Waals surface area contributed by atoms with Crippen LogP contribution in [0.25, 0.3) is 0 Å². The lowest BCUT2D eigenvalue weighted by Gasteiger charge is -2.32. The van der Waals surface area contributed by atoms with Crippen molar-refractivity contribution in [3.8, 4) is 5.75 Å². The lowest BCUT2D eigenvalue weighted by molar-refractivity contribution is 0.0712. The van der Waals surface area contributed by atoms with Gasteiger partial charge in [0, 0.05) is 37.9 Å². The summed E-state index contributed by atoms with van der Waals surface area (Å²) in [5, 5.41) is 9.56. The van der Waals surface area contributed by atoms with Gasteiger partial charge >= 0.3 is 0 Å². The van der Waals surface area contributed by atoms with Gasteiger partial charge < -0.3 is 14.9 Å². The van der Waals surface area contributed by atoms with E-state index in [0.717, 1.165) is 37.8 Å². The number of amides is 1. The molecule has 0 bridgehead atoms. The number of phenolic OH excluding ortho intramolecular Hbond substituents is 1. The Morgan fingerprint density at radius 2 is 1.86 bits per heavy atom. The summed E-state index contributed by atoms with van der Waals surface area (Å²) in [4.78, 5) is 21.5. The van der Waals surface area contributed by atoms with E-state index in [1.165, 1.54) is 18.4 Å². The third-order valence-corrected chi connectivity index (χ3v) is 5.96. The summed E-state index contributed by atoms with van der Waals surface area (Å²) in [6, 6.07) is 6.95. The van der Waals surface area contributed by atoms with Gasteiger partial charge in [0.1, 0.15) is 5.82 Å². The Kier molecular flexibility index (Phi) is 5.20. The van der Waals surface area contributed by atoms with Gasteiger partial charge in [0.25, 0.3) is 5.91 Å². The van der Waals surface area contributed by atoms with Crippen LogP contribution in [0.5, 0.6) is 5.75 Å². The number of phenols is 1. The molecule has 0 spiro atoms. The number of anilines is 1. The van der Waals surface area contributed by atoms with E-state index in [1.807, 2.05) is 6.20 Å². The Bertz CT molecular complexity index is 832. The first-order valence-electron chi connectivity index (χ1n) is 10.0. The molecule has 2 aliphatic heterocycles. The van der Waals surface area contributed by atoms with Crippen LogP contribution in [0.1, 0.15) is 53.1 Å². The molecule has 28 heavy (non-hydrogen) atoms. The number of hydrogen-bond donors (Lipinski definition) is 1. The van der Waals surface area contributed by atoms with Gasteiger partial charge in [-0.15, -0.1) is 0 Å². The molecule has 6 heteroatoms. The van der Waals surface area contributed by atoms with Crippen LogP contribution in [0.2, 0.25) is 0 Å². The van der Waals surface area contributed by atoms with E-state index in [4.69, 9.17) is 0 Å². The van der Waals surface area contributed by atoms with Gasteiger partial charge in [0.2, 0.25) is 0 Å². The summed E-state index contributed by atoms with van der Waals surface area (Å²) in [6.07, 6.45) is 6.20. The Hall–Kier alpha value is -2.63. The first-order chi connectivity index (χ1) is 13.5. The van der Waals surface area contributed by atoms with Gasteiger partial charge in [-0.25, -0.2) is 9.37 Å². The van der Waals surface area contributed by atoms with Gasteiger partial charge in [-0.2, -0.15) is 0 Å². The van der Waals surface area contributed by atoms with Crippen molar-refractivity contribution >= 4 is 11.7 Å². The summed E-state index contributed by atoms with van der Waals surface area (Å²) < 4.78 is 13.8. The zero-order chi connectivity index (χ0) is 19.7. The van der Waals surface area contributed by atoms with Crippen molar-refractivity contribution in [2.45, 2.75) is 38.5 Å². The standard InChI is InChI=1S/C22H26FN3O2/c1-15-12-18(13-19(23)21(15)27)22(28)26-10-6-16(7-11-26)17-4-5-20(24-14-17)25-8-2-3-9-25/h4-5,12-14,16,27H,2-3,6-11H2,1H3. The second kappa shape index (κ2) is 7.78. The second-order valence-electron chi connectivity index (χ2n) is 7.83. The van der Waals surface area contributed by atoms with Crippen molar-refractivity contribution in [1.29, 1.82) is 0 Å². The molecule has 3 heterocycles. The molecule has 0 atom stereocenters. The number of aryl methyl sites for hydroxylation is 1. The fraction of sp³-hybridized carbons (Fsp3) is 0.455. The molecule has 2 aromatic rings. The van der Waals surface area contributed by atoms with Crippen LogP contribution in [0.3, 0.4) is 0 Å². The third-order valence-electron chi connectivity index (χ3n) is 5.96. The lowest BCUT2D eigenvalue weighted by atomic mass is 9.90. The molecular formula is C22H26FN3O2. The molecule has 5 nitrogen and oxygen atoms in total. The summed E-state index contributed by atoms with van der Waals surface area (Å²) in [5.41, 5.74) is 1.90. The first-order valence-corrected chi connectivity index (χ1v) is 10.0. The molecule has 1 amide bonds. The quantitative estimate of drug-likeness (QED) is 0.875. The number of aromatic hydroxyl groups is 1. The molecule has 1 N–H and O–H groups in total. The SMILES string of the molecule is Cc1cc(C(=O)N2CCC(c3ccc(N4CCCC4)nc3)CC2)cc(F)c1O. The smallest absolute Gasteiger partial charge is 0.253 e. The Balaban J connectivity index is 1.38. The average molecular weight is 383 g/mol. The highest BCUT2D eigenvalue weighted by Gasteiger charge is 2.26. The largest absolute Gasteiger partial charge is 0.505 e. The van der Waals surface area contributed by atoms with Crippen LogP contribution in [0.15, 0.2) is 30.5 Å².